The molecule has 3 nitrogen and oxygen atoms in total. The fourth-order valence-electron chi connectivity index (χ4n) is 3.92. The molecule has 0 radical (unpaired) electrons. The molecule has 2 aliphatic rings. The fraction of sp³-hybridized carbons (Fsp3) is 0.560. The number of methoxy groups -OCH3 is 1. The molecule has 0 N–H and O–H groups in total. The molecular weight excluding hydrogens is 348 g/mol. The van der Waals surface area contributed by atoms with Gasteiger partial charge in [0.2, 0.25) is 0 Å². The first-order valence-corrected chi connectivity index (χ1v) is 10.9. The summed E-state index contributed by atoms with van der Waals surface area (Å²) in [5, 5.41) is 2.60. The van der Waals surface area contributed by atoms with Crippen molar-refractivity contribution >= 4 is 16.7 Å². The van der Waals surface area contributed by atoms with Crippen LogP contribution in [0.15, 0.2) is 36.4 Å². The lowest BCUT2D eigenvalue weighted by atomic mass is 9.86. The summed E-state index contributed by atoms with van der Waals surface area (Å²) >= 11 is 0. The van der Waals surface area contributed by atoms with E-state index in [2.05, 4.69) is 55.0 Å². The van der Waals surface area contributed by atoms with Crippen LogP contribution in [0.1, 0.15) is 64.4 Å². The van der Waals surface area contributed by atoms with E-state index in [9.17, 15) is 4.79 Å². The lowest BCUT2D eigenvalue weighted by Crippen LogP contribution is -2.22. The number of hydrogen-bond acceptors (Lipinski definition) is 3. The maximum Gasteiger partial charge on any atom is 0.308 e. The SMILES string of the molecule is CCc1ccc2cc(OC3CCC(C)CC3)ccc2c1.COC(=O)C1CCC1. The van der Waals surface area contributed by atoms with E-state index >= 15 is 0 Å². The van der Waals surface area contributed by atoms with Crippen molar-refractivity contribution in [1.29, 1.82) is 0 Å². The van der Waals surface area contributed by atoms with E-state index in [1.807, 2.05) is 0 Å². The van der Waals surface area contributed by atoms with Crippen LogP contribution < -0.4 is 4.74 Å². The molecule has 0 amide bonds. The summed E-state index contributed by atoms with van der Waals surface area (Å²) in [5.74, 6) is 2.11. The molecule has 0 aromatic heterocycles. The monoisotopic (exact) mass is 382 g/mol. The van der Waals surface area contributed by atoms with E-state index in [-0.39, 0.29) is 11.9 Å². The van der Waals surface area contributed by atoms with E-state index in [0.29, 0.717) is 6.10 Å². The van der Waals surface area contributed by atoms with Crippen LogP contribution in [0.4, 0.5) is 0 Å². The molecule has 152 valence electrons. The average molecular weight is 383 g/mol. The third-order valence-electron chi connectivity index (χ3n) is 6.19. The highest BCUT2D eigenvalue weighted by molar-refractivity contribution is 5.84. The van der Waals surface area contributed by atoms with E-state index < -0.39 is 0 Å². The van der Waals surface area contributed by atoms with Crippen molar-refractivity contribution < 1.29 is 14.3 Å². The highest BCUT2D eigenvalue weighted by Crippen LogP contribution is 2.29. The highest BCUT2D eigenvalue weighted by Gasteiger charge is 2.25. The van der Waals surface area contributed by atoms with Crippen molar-refractivity contribution in [2.45, 2.75) is 71.3 Å². The van der Waals surface area contributed by atoms with Gasteiger partial charge in [0, 0.05) is 0 Å². The zero-order chi connectivity index (χ0) is 19.9. The first-order chi connectivity index (χ1) is 13.6. The minimum atomic E-state index is -0.0312. The molecule has 0 spiro atoms. The Morgan fingerprint density at radius 1 is 0.964 bits per heavy atom. The predicted molar refractivity (Wildman–Crippen MR) is 115 cm³/mol. The van der Waals surface area contributed by atoms with Crippen LogP contribution in [0.5, 0.6) is 5.75 Å². The second kappa shape index (κ2) is 9.95. The standard InChI is InChI=1S/C19H24O.C6H10O2/c1-3-15-6-7-17-13-19(11-8-16(17)12-15)20-18-9-4-14(2)5-10-18;1-8-6(7)5-3-2-4-5/h6-8,11-14,18H,3-5,9-10H2,1-2H3;5H,2-4H2,1H3. The molecule has 4 rings (SSSR count). The smallest absolute Gasteiger partial charge is 0.308 e. The summed E-state index contributed by atoms with van der Waals surface area (Å²) in [5.41, 5.74) is 1.40. The number of benzene rings is 2. The minimum absolute atomic E-state index is 0.0312. The third-order valence-corrected chi connectivity index (χ3v) is 6.19. The molecule has 28 heavy (non-hydrogen) atoms. The molecule has 2 aromatic carbocycles. The van der Waals surface area contributed by atoms with Crippen LogP contribution in [-0.2, 0) is 16.0 Å². The van der Waals surface area contributed by atoms with Crippen molar-refractivity contribution in [3.63, 3.8) is 0 Å². The molecule has 0 saturated heterocycles. The van der Waals surface area contributed by atoms with Gasteiger partial charge in [-0.3, -0.25) is 4.79 Å². The van der Waals surface area contributed by atoms with E-state index in [1.165, 1.54) is 55.5 Å². The Morgan fingerprint density at radius 3 is 2.21 bits per heavy atom. The van der Waals surface area contributed by atoms with Gasteiger partial charge >= 0.3 is 5.97 Å². The molecule has 0 unspecified atom stereocenters. The molecule has 2 saturated carbocycles. The first-order valence-electron chi connectivity index (χ1n) is 10.9. The lowest BCUT2D eigenvalue weighted by molar-refractivity contribution is -0.148. The number of rotatable bonds is 4. The van der Waals surface area contributed by atoms with Crippen molar-refractivity contribution in [3.8, 4) is 5.75 Å². The summed E-state index contributed by atoms with van der Waals surface area (Å²) < 4.78 is 10.7. The quantitative estimate of drug-likeness (QED) is 0.581. The van der Waals surface area contributed by atoms with Gasteiger partial charge in [-0.05, 0) is 79.3 Å². The Balaban J connectivity index is 0.000000236. The number of fused-ring (bicyclic) bond motifs is 1. The second-order valence-corrected chi connectivity index (χ2v) is 8.35. The zero-order valence-electron chi connectivity index (χ0n) is 17.6. The Morgan fingerprint density at radius 2 is 1.64 bits per heavy atom. The molecule has 3 heteroatoms. The number of hydrogen-bond donors (Lipinski definition) is 0. The number of aryl methyl sites for hydroxylation is 1. The minimum Gasteiger partial charge on any atom is -0.490 e. The van der Waals surface area contributed by atoms with Crippen LogP contribution in [0.2, 0.25) is 0 Å². The predicted octanol–water partition coefficient (Wildman–Crippen LogP) is 6.32. The average Bonchev–Trinajstić information content (AvgIpc) is 2.68. The van der Waals surface area contributed by atoms with Gasteiger partial charge in [-0.15, -0.1) is 0 Å². The van der Waals surface area contributed by atoms with Gasteiger partial charge in [0.05, 0.1) is 19.1 Å². The Labute approximate surface area is 169 Å². The third kappa shape index (κ3) is 5.50. The number of carbonyl (C=O) groups excluding carboxylic acids is 1. The molecule has 0 bridgehead atoms. The molecule has 0 heterocycles. The maximum atomic E-state index is 10.6. The van der Waals surface area contributed by atoms with Crippen molar-refractivity contribution in [3.05, 3.63) is 42.0 Å². The van der Waals surface area contributed by atoms with Crippen molar-refractivity contribution in [1.82, 2.24) is 0 Å². The lowest BCUT2D eigenvalue weighted by Gasteiger charge is -2.27. The van der Waals surface area contributed by atoms with Gasteiger partial charge in [-0.1, -0.05) is 44.5 Å². The number of ether oxygens (including phenoxy) is 2. The first kappa shape index (κ1) is 20.7. The van der Waals surface area contributed by atoms with Gasteiger partial charge in [-0.2, -0.15) is 0 Å². The summed E-state index contributed by atoms with van der Waals surface area (Å²) in [7, 11) is 1.45. The summed E-state index contributed by atoms with van der Waals surface area (Å²) in [6.07, 6.45) is 9.78. The Kier molecular flexibility index (Phi) is 7.36. The number of esters is 1. The van der Waals surface area contributed by atoms with Gasteiger partial charge in [0.1, 0.15) is 5.75 Å². The van der Waals surface area contributed by atoms with Gasteiger partial charge in [0.25, 0.3) is 0 Å². The second-order valence-electron chi connectivity index (χ2n) is 8.35. The maximum absolute atomic E-state index is 10.6. The molecular formula is C25H34O3. The normalized spacial score (nSPS) is 22.0. The molecule has 0 aliphatic heterocycles. The van der Waals surface area contributed by atoms with E-state index in [1.54, 1.807) is 0 Å². The summed E-state index contributed by atoms with van der Waals surface area (Å²) in [6, 6.07) is 13.2. The fourth-order valence-corrected chi connectivity index (χ4v) is 3.92. The van der Waals surface area contributed by atoms with Gasteiger partial charge in [0.15, 0.2) is 0 Å². The van der Waals surface area contributed by atoms with E-state index in [4.69, 9.17) is 4.74 Å². The van der Waals surface area contributed by atoms with Crippen LogP contribution in [0, 0.1) is 11.8 Å². The van der Waals surface area contributed by atoms with Crippen LogP contribution in [0.3, 0.4) is 0 Å². The molecule has 0 atom stereocenters. The largest absolute Gasteiger partial charge is 0.490 e. The van der Waals surface area contributed by atoms with Gasteiger partial charge in [-0.25, -0.2) is 0 Å². The number of carbonyl (C=O) groups is 1. The summed E-state index contributed by atoms with van der Waals surface area (Å²) in [6.45, 7) is 4.54. The molecule has 2 fully saturated rings. The molecule has 2 aliphatic carbocycles. The van der Waals surface area contributed by atoms with Crippen molar-refractivity contribution in [2.75, 3.05) is 7.11 Å². The van der Waals surface area contributed by atoms with Crippen molar-refractivity contribution in [2.24, 2.45) is 11.8 Å². The van der Waals surface area contributed by atoms with Gasteiger partial charge < -0.3 is 9.47 Å². The van der Waals surface area contributed by atoms with Crippen LogP contribution in [0.25, 0.3) is 10.8 Å². The zero-order valence-corrected chi connectivity index (χ0v) is 17.6. The summed E-state index contributed by atoms with van der Waals surface area (Å²) in [4.78, 5) is 10.6. The van der Waals surface area contributed by atoms with Crippen LogP contribution in [-0.4, -0.2) is 19.2 Å². The van der Waals surface area contributed by atoms with E-state index in [0.717, 1.165) is 30.9 Å². The Hall–Kier alpha value is -2.03. The topological polar surface area (TPSA) is 35.5 Å². The highest BCUT2D eigenvalue weighted by atomic mass is 16.5. The molecule has 2 aromatic rings. The Bertz CT molecular complexity index is 770. The van der Waals surface area contributed by atoms with Crippen LogP contribution >= 0.6 is 0 Å².